The minimum atomic E-state index is 0.554. The lowest BCUT2D eigenvalue weighted by atomic mass is 10.2. The average Bonchev–Trinajstić information content (AvgIpc) is 2.40. The van der Waals surface area contributed by atoms with Gasteiger partial charge in [-0.25, -0.2) is 4.98 Å². The fraction of sp³-hybridized carbons (Fsp3) is 0.143. The molecule has 0 aliphatic rings. The predicted octanol–water partition coefficient (Wildman–Crippen LogP) is 3.89. The van der Waals surface area contributed by atoms with Crippen LogP contribution in [0.1, 0.15) is 5.56 Å². The van der Waals surface area contributed by atoms with Crippen molar-refractivity contribution < 1.29 is 0 Å². The maximum absolute atomic E-state index is 4.37. The average molecular weight is 319 g/mol. The molecule has 0 saturated carbocycles. The van der Waals surface area contributed by atoms with E-state index < -0.39 is 0 Å². The van der Waals surface area contributed by atoms with Crippen LogP contribution in [0.25, 0.3) is 0 Å². The lowest BCUT2D eigenvalue weighted by Gasteiger charge is -2.09. The summed E-state index contributed by atoms with van der Waals surface area (Å²) in [6.07, 6.45) is 3.49. The van der Waals surface area contributed by atoms with E-state index in [1.165, 1.54) is 5.56 Å². The Labute approximate surface area is 121 Å². The predicted molar refractivity (Wildman–Crippen MR) is 82.9 cm³/mol. The zero-order chi connectivity index (χ0) is 13.7. The molecule has 2 N–H and O–H groups in total. The maximum Gasteiger partial charge on any atom is 0.229 e. The first-order chi connectivity index (χ1) is 9.19. The van der Waals surface area contributed by atoms with Gasteiger partial charge in [-0.3, -0.25) is 0 Å². The largest absolute Gasteiger partial charge is 0.366 e. The first-order valence-corrected chi connectivity index (χ1v) is 6.69. The van der Waals surface area contributed by atoms with E-state index in [-0.39, 0.29) is 0 Å². The zero-order valence-electron chi connectivity index (χ0n) is 10.7. The summed E-state index contributed by atoms with van der Waals surface area (Å²) >= 11 is 3.52. The number of benzene rings is 1. The van der Waals surface area contributed by atoms with Crippen molar-refractivity contribution in [3.63, 3.8) is 0 Å². The Bertz CT molecular complexity index is 583. The molecular formula is C14H15BrN4. The van der Waals surface area contributed by atoms with E-state index in [9.17, 15) is 0 Å². The van der Waals surface area contributed by atoms with Crippen molar-refractivity contribution >= 4 is 33.4 Å². The summed E-state index contributed by atoms with van der Waals surface area (Å²) in [6, 6.07) is 7.89. The summed E-state index contributed by atoms with van der Waals surface area (Å²) in [7, 11) is 0. The minimum absolute atomic E-state index is 0.554. The highest BCUT2D eigenvalue weighted by Crippen LogP contribution is 2.25. The third kappa shape index (κ3) is 3.79. The molecule has 4 nitrogen and oxygen atoms in total. The van der Waals surface area contributed by atoms with Gasteiger partial charge in [0.1, 0.15) is 5.82 Å². The van der Waals surface area contributed by atoms with E-state index in [2.05, 4.69) is 43.1 Å². The second-order valence-corrected chi connectivity index (χ2v) is 4.90. The van der Waals surface area contributed by atoms with Crippen LogP contribution in [-0.2, 0) is 0 Å². The smallest absolute Gasteiger partial charge is 0.229 e. The topological polar surface area (TPSA) is 49.8 Å². The van der Waals surface area contributed by atoms with Crippen molar-refractivity contribution in [1.82, 2.24) is 9.97 Å². The van der Waals surface area contributed by atoms with Crippen LogP contribution < -0.4 is 10.6 Å². The molecule has 0 unspecified atom stereocenters. The Balaban J connectivity index is 2.16. The maximum atomic E-state index is 4.37. The second kappa shape index (κ2) is 6.33. The van der Waals surface area contributed by atoms with Gasteiger partial charge >= 0.3 is 0 Å². The van der Waals surface area contributed by atoms with Crippen molar-refractivity contribution in [2.75, 3.05) is 17.2 Å². The molecule has 1 aromatic heterocycles. The van der Waals surface area contributed by atoms with Gasteiger partial charge in [0.2, 0.25) is 5.95 Å². The standard InChI is InChI=1S/C14H15BrN4/c1-3-7-16-13-6-8-17-14(19-13)18-12-5-4-10(2)9-11(12)15/h3-6,8-9H,1,7H2,2H3,(H2,16,17,18,19). The highest BCUT2D eigenvalue weighted by Gasteiger charge is 2.03. The van der Waals surface area contributed by atoms with Gasteiger partial charge in [-0.1, -0.05) is 12.1 Å². The number of aryl methyl sites for hydroxylation is 1. The summed E-state index contributed by atoms with van der Waals surface area (Å²) < 4.78 is 0.987. The van der Waals surface area contributed by atoms with E-state index >= 15 is 0 Å². The number of anilines is 3. The highest BCUT2D eigenvalue weighted by molar-refractivity contribution is 9.10. The molecule has 5 heteroatoms. The van der Waals surface area contributed by atoms with Crippen molar-refractivity contribution in [2.45, 2.75) is 6.92 Å². The van der Waals surface area contributed by atoms with E-state index in [0.717, 1.165) is 16.0 Å². The number of aromatic nitrogens is 2. The second-order valence-electron chi connectivity index (χ2n) is 4.04. The van der Waals surface area contributed by atoms with Crippen LogP contribution in [0.15, 0.2) is 47.6 Å². The fourth-order valence-electron chi connectivity index (χ4n) is 1.54. The van der Waals surface area contributed by atoms with Gasteiger partial charge in [0.05, 0.1) is 5.69 Å². The summed E-state index contributed by atoms with van der Waals surface area (Å²) in [6.45, 7) is 6.38. The van der Waals surface area contributed by atoms with Crippen LogP contribution in [0.5, 0.6) is 0 Å². The Hall–Kier alpha value is -1.88. The highest BCUT2D eigenvalue weighted by atomic mass is 79.9. The summed E-state index contributed by atoms with van der Waals surface area (Å²) in [5.74, 6) is 1.32. The van der Waals surface area contributed by atoms with Crippen LogP contribution in [0, 0.1) is 6.92 Å². The lowest BCUT2D eigenvalue weighted by molar-refractivity contribution is 1.14. The molecule has 1 aromatic carbocycles. The van der Waals surface area contributed by atoms with Gasteiger partial charge in [0.15, 0.2) is 0 Å². The summed E-state index contributed by atoms with van der Waals surface area (Å²) in [4.78, 5) is 8.56. The molecule has 0 atom stereocenters. The third-order valence-corrected chi connectivity index (χ3v) is 3.11. The molecule has 0 fully saturated rings. The van der Waals surface area contributed by atoms with Gasteiger partial charge in [-0.2, -0.15) is 4.98 Å². The molecule has 0 aliphatic carbocycles. The van der Waals surface area contributed by atoms with Gasteiger partial charge < -0.3 is 10.6 Å². The number of rotatable bonds is 5. The van der Waals surface area contributed by atoms with Crippen molar-refractivity contribution in [1.29, 1.82) is 0 Å². The van der Waals surface area contributed by atoms with E-state index in [1.807, 2.05) is 31.2 Å². The Morgan fingerprint density at radius 1 is 1.37 bits per heavy atom. The zero-order valence-corrected chi connectivity index (χ0v) is 12.2. The molecule has 2 aromatic rings. The normalized spacial score (nSPS) is 10.0. The number of hydrogen-bond donors (Lipinski definition) is 2. The molecule has 19 heavy (non-hydrogen) atoms. The first-order valence-electron chi connectivity index (χ1n) is 5.90. The number of halogens is 1. The van der Waals surface area contributed by atoms with Gasteiger partial charge in [0.25, 0.3) is 0 Å². The third-order valence-electron chi connectivity index (χ3n) is 2.45. The van der Waals surface area contributed by atoms with Crippen LogP contribution in [0.4, 0.5) is 17.5 Å². The van der Waals surface area contributed by atoms with Crippen LogP contribution in [0.2, 0.25) is 0 Å². The van der Waals surface area contributed by atoms with Gasteiger partial charge in [-0.15, -0.1) is 6.58 Å². The minimum Gasteiger partial charge on any atom is -0.366 e. The molecule has 0 aliphatic heterocycles. The van der Waals surface area contributed by atoms with Crippen LogP contribution in [0.3, 0.4) is 0 Å². The summed E-state index contributed by atoms with van der Waals surface area (Å²) in [5, 5.41) is 6.30. The molecule has 0 amide bonds. The van der Waals surface area contributed by atoms with E-state index in [4.69, 9.17) is 0 Å². The summed E-state index contributed by atoms with van der Waals surface area (Å²) in [5.41, 5.74) is 2.13. The van der Waals surface area contributed by atoms with Gasteiger partial charge in [-0.05, 0) is 46.6 Å². The Kier molecular flexibility index (Phi) is 4.52. The van der Waals surface area contributed by atoms with Crippen LogP contribution in [-0.4, -0.2) is 16.5 Å². The van der Waals surface area contributed by atoms with Crippen LogP contribution >= 0.6 is 15.9 Å². The van der Waals surface area contributed by atoms with Gasteiger partial charge in [0, 0.05) is 17.2 Å². The SMILES string of the molecule is C=CCNc1ccnc(Nc2ccc(C)cc2Br)n1. The molecule has 0 bridgehead atoms. The number of nitrogens with zero attached hydrogens (tertiary/aromatic N) is 2. The molecular weight excluding hydrogens is 304 g/mol. The van der Waals surface area contributed by atoms with E-state index in [1.54, 1.807) is 12.3 Å². The van der Waals surface area contributed by atoms with Crippen molar-refractivity contribution in [3.05, 3.63) is 53.2 Å². The van der Waals surface area contributed by atoms with Crippen molar-refractivity contribution in [3.8, 4) is 0 Å². The Morgan fingerprint density at radius 2 is 2.21 bits per heavy atom. The van der Waals surface area contributed by atoms with E-state index in [0.29, 0.717) is 12.5 Å². The molecule has 0 spiro atoms. The molecule has 0 saturated heterocycles. The number of hydrogen-bond acceptors (Lipinski definition) is 4. The molecule has 2 rings (SSSR count). The van der Waals surface area contributed by atoms with Crippen molar-refractivity contribution in [2.24, 2.45) is 0 Å². The quantitative estimate of drug-likeness (QED) is 0.821. The fourth-order valence-corrected chi connectivity index (χ4v) is 2.13. The lowest BCUT2D eigenvalue weighted by Crippen LogP contribution is -2.03. The first kappa shape index (κ1) is 13.5. The molecule has 98 valence electrons. The monoisotopic (exact) mass is 318 g/mol. The Morgan fingerprint density at radius 3 is 2.95 bits per heavy atom. The molecule has 1 heterocycles. The number of nitrogens with one attached hydrogen (secondary N) is 2. The molecule has 0 radical (unpaired) electrons.